The lowest BCUT2D eigenvalue weighted by Gasteiger charge is -2.49. The Bertz CT molecular complexity index is 1240. The summed E-state index contributed by atoms with van der Waals surface area (Å²) < 4.78 is 5.53. The number of ether oxygens (including phenoxy) is 1. The Labute approximate surface area is 200 Å². The first-order chi connectivity index (χ1) is 15.9. The summed E-state index contributed by atoms with van der Waals surface area (Å²) in [6, 6.07) is 17.1. The molecular formula is C25H18Cl2N2O4. The van der Waals surface area contributed by atoms with Gasteiger partial charge in [0.05, 0.1) is 23.8 Å². The monoisotopic (exact) mass is 480 g/mol. The van der Waals surface area contributed by atoms with E-state index in [1.807, 2.05) is 19.1 Å². The first kappa shape index (κ1) is 21.5. The van der Waals surface area contributed by atoms with Crippen LogP contribution in [0.2, 0.25) is 10.0 Å². The molecule has 0 saturated carbocycles. The van der Waals surface area contributed by atoms with Crippen LogP contribution in [0.25, 0.3) is 0 Å². The van der Waals surface area contributed by atoms with Crippen LogP contribution in [0.5, 0.6) is 5.75 Å². The molecule has 6 nitrogen and oxygen atoms in total. The lowest BCUT2D eigenvalue weighted by Crippen LogP contribution is -2.67. The van der Waals surface area contributed by atoms with Crippen molar-refractivity contribution in [1.29, 1.82) is 0 Å². The summed E-state index contributed by atoms with van der Waals surface area (Å²) in [6.07, 6.45) is 0. The number of carbonyl (C=O) groups is 3. The third-order valence-electron chi connectivity index (χ3n) is 5.83. The number of hydrogen-bond acceptors (Lipinski definition) is 4. The van der Waals surface area contributed by atoms with Crippen molar-refractivity contribution in [2.24, 2.45) is 0 Å². The van der Waals surface area contributed by atoms with Gasteiger partial charge in [0, 0.05) is 15.7 Å². The molecule has 0 radical (unpaired) electrons. The normalized spacial score (nSPS) is 19.5. The number of fused-ring (bicyclic) bond motifs is 1. The molecule has 33 heavy (non-hydrogen) atoms. The molecule has 2 aliphatic rings. The van der Waals surface area contributed by atoms with Crippen LogP contribution in [0.1, 0.15) is 39.2 Å². The molecule has 166 valence electrons. The minimum atomic E-state index is -0.992. The van der Waals surface area contributed by atoms with Crippen molar-refractivity contribution < 1.29 is 19.1 Å². The Morgan fingerprint density at radius 3 is 1.91 bits per heavy atom. The molecule has 0 N–H and O–H groups in total. The van der Waals surface area contributed by atoms with Crippen LogP contribution in [-0.2, 0) is 4.79 Å². The average Bonchev–Trinajstić information content (AvgIpc) is 3.03. The fraction of sp³-hybridized carbons (Fsp3) is 0.160. The van der Waals surface area contributed by atoms with E-state index >= 15 is 0 Å². The largest absolute Gasteiger partial charge is 0.494 e. The minimum absolute atomic E-state index is 0.296. The predicted octanol–water partition coefficient (Wildman–Crippen LogP) is 5.14. The summed E-state index contributed by atoms with van der Waals surface area (Å²) >= 11 is 12.4. The molecule has 2 heterocycles. The van der Waals surface area contributed by atoms with Crippen molar-refractivity contribution in [1.82, 2.24) is 4.90 Å². The second-order valence-corrected chi connectivity index (χ2v) is 8.63. The fourth-order valence-corrected chi connectivity index (χ4v) is 4.93. The van der Waals surface area contributed by atoms with Gasteiger partial charge in [-0.3, -0.25) is 19.3 Å². The van der Waals surface area contributed by atoms with E-state index in [1.54, 1.807) is 54.6 Å². The van der Waals surface area contributed by atoms with E-state index in [0.29, 0.717) is 39.2 Å². The van der Waals surface area contributed by atoms with Crippen LogP contribution >= 0.6 is 23.2 Å². The molecule has 0 aromatic heterocycles. The predicted molar refractivity (Wildman–Crippen MR) is 125 cm³/mol. The van der Waals surface area contributed by atoms with Crippen LogP contribution in [0.3, 0.4) is 0 Å². The summed E-state index contributed by atoms with van der Waals surface area (Å²) in [6.45, 7) is 2.41. The standard InChI is InChI=1S/C25H18Cl2N2O4/c1-2-33-18-9-7-14(8-10-18)21-22(25(32)28(21)17-12-15(26)11-16(27)13-17)29-23(30)19-5-3-4-6-20(19)24(29)31/h3-13,21-22H,2H2,1H3/t21-,22-/m0/s1. The second-order valence-electron chi connectivity index (χ2n) is 7.75. The lowest BCUT2D eigenvalue weighted by atomic mass is 9.86. The average molecular weight is 481 g/mol. The van der Waals surface area contributed by atoms with Gasteiger partial charge in [-0.1, -0.05) is 47.5 Å². The molecule has 3 amide bonds. The van der Waals surface area contributed by atoms with Crippen LogP contribution in [-0.4, -0.2) is 35.3 Å². The minimum Gasteiger partial charge on any atom is -0.494 e. The summed E-state index contributed by atoms with van der Waals surface area (Å²) in [5, 5.41) is 0.750. The van der Waals surface area contributed by atoms with Crippen molar-refractivity contribution in [3.05, 3.63) is 93.5 Å². The highest BCUT2D eigenvalue weighted by Gasteiger charge is 2.57. The van der Waals surface area contributed by atoms with Gasteiger partial charge in [0.15, 0.2) is 0 Å². The maximum Gasteiger partial charge on any atom is 0.262 e. The van der Waals surface area contributed by atoms with Gasteiger partial charge in [0.2, 0.25) is 0 Å². The van der Waals surface area contributed by atoms with Crippen LogP contribution in [0.4, 0.5) is 5.69 Å². The zero-order chi connectivity index (χ0) is 23.3. The van der Waals surface area contributed by atoms with Crippen LogP contribution in [0.15, 0.2) is 66.7 Å². The number of benzene rings is 3. The third kappa shape index (κ3) is 3.46. The molecule has 3 aromatic rings. The van der Waals surface area contributed by atoms with Gasteiger partial charge in [0.1, 0.15) is 11.8 Å². The first-order valence-electron chi connectivity index (χ1n) is 10.4. The zero-order valence-electron chi connectivity index (χ0n) is 17.5. The van der Waals surface area contributed by atoms with E-state index in [-0.39, 0.29) is 5.91 Å². The highest BCUT2D eigenvalue weighted by atomic mass is 35.5. The van der Waals surface area contributed by atoms with E-state index in [9.17, 15) is 14.4 Å². The summed E-state index contributed by atoms with van der Waals surface area (Å²) in [5.74, 6) is -0.661. The van der Waals surface area contributed by atoms with E-state index < -0.39 is 23.9 Å². The maximum absolute atomic E-state index is 13.4. The number of β-lactam (4-membered cyclic amide) rings is 1. The molecule has 2 atom stereocenters. The Morgan fingerprint density at radius 1 is 0.788 bits per heavy atom. The van der Waals surface area contributed by atoms with Crippen LogP contribution in [0, 0.1) is 0 Å². The van der Waals surface area contributed by atoms with E-state index in [1.165, 1.54) is 4.90 Å². The SMILES string of the molecule is CCOc1ccc([C@H]2[C@H](N3C(=O)c4ccccc4C3=O)C(=O)N2c2cc(Cl)cc(Cl)c2)cc1. The number of halogens is 2. The summed E-state index contributed by atoms with van der Waals surface area (Å²) in [4.78, 5) is 42.3. The zero-order valence-corrected chi connectivity index (χ0v) is 19.0. The number of amides is 3. The van der Waals surface area contributed by atoms with Crippen LogP contribution < -0.4 is 9.64 Å². The molecule has 2 aliphatic heterocycles. The Balaban J connectivity index is 1.58. The molecule has 0 bridgehead atoms. The molecule has 0 aliphatic carbocycles. The van der Waals surface area contributed by atoms with E-state index in [4.69, 9.17) is 27.9 Å². The van der Waals surface area contributed by atoms with Crippen molar-refractivity contribution in [2.75, 3.05) is 11.5 Å². The third-order valence-corrected chi connectivity index (χ3v) is 6.27. The van der Waals surface area contributed by atoms with Gasteiger partial charge >= 0.3 is 0 Å². The van der Waals surface area contributed by atoms with Crippen molar-refractivity contribution in [3.63, 3.8) is 0 Å². The molecule has 1 fully saturated rings. The van der Waals surface area contributed by atoms with Gasteiger partial charge in [-0.25, -0.2) is 0 Å². The number of nitrogens with zero attached hydrogens (tertiary/aromatic N) is 2. The second kappa shape index (κ2) is 8.21. The number of imide groups is 1. The summed E-state index contributed by atoms with van der Waals surface area (Å²) in [7, 11) is 0. The Kier molecular flexibility index (Phi) is 5.35. The molecule has 0 unspecified atom stereocenters. The van der Waals surface area contributed by atoms with Crippen molar-refractivity contribution in [3.8, 4) is 5.75 Å². The van der Waals surface area contributed by atoms with Crippen molar-refractivity contribution in [2.45, 2.75) is 19.0 Å². The van der Waals surface area contributed by atoms with Gasteiger partial charge in [-0.05, 0) is 55.0 Å². The number of carbonyl (C=O) groups excluding carboxylic acids is 3. The summed E-state index contributed by atoms with van der Waals surface area (Å²) in [5.41, 5.74) is 1.83. The lowest BCUT2D eigenvalue weighted by molar-refractivity contribution is -0.130. The van der Waals surface area contributed by atoms with Gasteiger partial charge in [-0.15, -0.1) is 0 Å². The number of hydrogen-bond donors (Lipinski definition) is 0. The Morgan fingerprint density at radius 2 is 1.36 bits per heavy atom. The first-order valence-corrected chi connectivity index (χ1v) is 11.1. The topological polar surface area (TPSA) is 66.9 Å². The highest BCUT2D eigenvalue weighted by Crippen LogP contribution is 2.45. The molecule has 3 aromatic carbocycles. The molecule has 0 spiro atoms. The van der Waals surface area contributed by atoms with Crippen molar-refractivity contribution >= 4 is 46.6 Å². The number of anilines is 1. The molecular weight excluding hydrogens is 463 g/mol. The Hall–Kier alpha value is -3.35. The fourth-order valence-electron chi connectivity index (χ4n) is 4.41. The molecule has 8 heteroatoms. The highest BCUT2D eigenvalue weighted by molar-refractivity contribution is 6.35. The van der Waals surface area contributed by atoms with E-state index in [2.05, 4.69) is 0 Å². The van der Waals surface area contributed by atoms with Gasteiger partial charge < -0.3 is 9.64 Å². The quantitative estimate of drug-likeness (QED) is 0.374. The smallest absolute Gasteiger partial charge is 0.262 e. The molecule has 5 rings (SSSR count). The van der Waals surface area contributed by atoms with E-state index in [0.717, 1.165) is 10.5 Å². The number of rotatable bonds is 5. The maximum atomic E-state index is 13.4. The van der Waals surface area contributed by atoms with Gasteiger partial charge in [0.25, 0.3) is 17.7 Å². The van der Waals surface area contributed by atoms with Gasteiger partial charge in [-0.2, -0.15) is 0 Å². The molecule has 1 saturated heterocycles.